The van der Waals surface area contributed by atoms with Crippen LogP contribution in [0.25, 0.3) is 0 Å². The third-order valence-electron chi connectivity index (χ3n) is 2.97. The maximum absolute atomic E-state index is 13.1. The van der Waals surface area contributed by atoms with Crippen molar-refractivity contribution in [2.45, 2.75) is 19.5 Å². The van der Waals surface area contributed by atoms with Crippen LogP contribution in [0.4, 0.5) is 8.78 Å². The van der Waals surface area contributed by atoms with Crippen LogP contribution in [0, 0.1) is 11.6 Å². The van der Waals surface area contributed by atoms with E-state index in [2.05, 4.69) is 5.32 Å². The molecule has 1 nitrogen and oxygen atoms in total. The molecule has 0 saturated heterocycles. The van der Waals surface area contributed by atoms with Gasteiger partial charge in [-0.2, -0.15) is 0 Å². The summed E-state index contributed by atoms with van der Waals surface area (Å²) in [6.45, 7) is 2.57. The average Bonchev–Trinajstić information content (AvgIpc) is 2.41. The molecular formula is C15H14ClF2N. The second-order valence-corrected chi connectivity index (χ2v) is 4.81. The maximum atomic E-state index is 13.1. The molecule has 0 aliphatic heterocycles. The van der Waals surface area contributed by atoms with Crippen molar-refractivity contribution in [1.82, 2.24) is 5.32 Å². The van der Waals surface area contributed by atoms with Crippen LogP contribution in [0.2, 0.25) is 5.02 Å². The normalized spacial score (nSPS) is 12.4. The first-order chi connectivity index (χ1) is 9.06. The zero-order valence-electron chi connectivity index (χ0n) is 10.5. The van der Waals surface area contributed by atoms with Crippen molar-refractivity contribution in [3.8, 4) is 0 Å². The van der Waals surface area contributed by atoms with E-state index in [9.17, 15) is 8.78 Å². The lowest BCUT2D eigenvalue weighted by molar-refractivity contribution is 0.569. The van der Waals surface area contributed by atoms with Crippen molar-refractivity contribution in [3.63, 3.8) is 0 Å². The molecule has 1 atom stereocenters. The molecule has 0 saturated carbocycles. The van der Waals surface area contributed by atoms with E-state index < -0.39 is 5.82 Å². The van der Waals surface area contributed by atoms with Gasteiger partial charge in [-0.1, -0.05) is 29.8 Å². The molecule has 2 aromatic carbocycles. The van der Waals surface area contributed by atoms with Gasteiger partial charge in [-0.15, -0.1) is 0 Å². The summed E-state index contributed by atoms with van der Waals surface area (Å²) in [6.07, 6.45) is 0. The zero-order valence-corrected chi connectivity index (χ0v) is 11.2. The summed E-state index contributed by atoms with van der Waals surface area (Å²) in [4.78, 5) is 0. The predicted octanol–water partition coefficient (Wildman–Crippen LogP) is 4.47. The van der Waals surface area contributed by atoms with Gasteiger partial charge in [-0.25, -0.2) is 8.78 Å². The second-order valence-electron chi connectivity index (χ2n) is 4.40. The Morgan fingerprint density at radius 2 is 1.79 bits per heavy atom. The topological polar surface area (TPSA) is 12.0 Å². The fourth-order valence-corrected chi connectivity index (χ4v) is 1.96. The van der Waals surface area contributed by atoms with Gasteiger partial charge in [0, 0.05) is 12.6 Å². The summed E-state index contributed by atoms with van der Waals surface area (Å²) < 4.78 is 25.8. The molecule has 0 radical (unpaired) electrons. The van der Waals surface area contributed by atoms with E-state index in [1.54, 1.807) is 24.3 Å². The van der Waals surface area contributed by atoms with Crippen molar-refractivity contribution in [2.24, 2.45) is 0 Å². The fourth-order valence-electron chi connectivity index (χ4n) is 1.77. The first kappa shape index (κ1) is 14.0. The molecule has 0 heterocycles. The number of nitrogens with one attached hydrogen (secondary N) is 1. The molecule has 4 heteroatoms. The molecule has 2 aromatic rings. The Morgan fingerprint density at radius 3 is 2.42 bits per heavy atom. The highest BCUT2D eigenvalue weighted by molar-refractivity contribution is 6.30. The molecule has 0 aliphatic carbocycles. The van der Waals surface area contributed by atoms with E-state index in [0.717, 1.165) is 11.1 Å². The van der Waals surface area contributed by atoms with Crippen LogP contribution in [0.5, 0.6) is 0 Å². The largest absolute Gasteiger partial charge is 0.306 e. The zero-order chi connectivity index (χ0) is 13.8. The Morgan fingerprint density at radius 1 is 1.11 bits per heavy atom. The van der Waals surface area contributed by atoms with Gasteiger partial charge in [0.2, 0.25) is 0 Å². The Kier molecular flexibility index (Phi) is 4.51. The van der Waals surface area contributed by atoms with Crippen LogP contribution < -0.4 is 5.32 Å². The molecule has 0 aliphatic rings. The van der Waals surface area contributed by atoms with E-state index in [1.807, 2.05) is 6.92 Å². The van der Waals surface area contributed by atoms with Gasteiger partial charge in [0.25, 0.3) is 0 Å². The molecule has 1 N–H and O–H groups in total. The minimum atomic E-state index is -0.420. The molecule has 0 spiro atoms. The van der Waals surface area contributed by atoms with Crippen molar-refractivity contribution >= 4 is 11.6 Å². The van der Waals surface area contributed by atoms with E-state index in [4.69, 9.17) is 11.6 Å². The van der Waals surface area contributed by atoms with Crippen LogP contribution in [0.15, 0.2) is 42.5 Å². The molecular weight excluding hydrogens is 268 g/mol. The SMILES string of the molecule is CC(NCc1ccc(F)cc1)c1ccc(F)c(Cl)c1. The molecule has 0 bridgehead atoms. The second kappa shape index (κ2) is 6.13. The summed E-state index contributed by atoms with van der Waals surface area (Å²) in [5, 5.41) is 3.40. The Balaban J connectivity index is 1.98. The lowest BCUT2D eigenvalue weighted by atomic mass is 10.1. The van der Waals surface area contributed by atoms with Crippen molar-refractivity contribution < 1.29 is 8.78 Å². The minimum absolute atomic E-state index is 0.0307. The van der Waals surface area contributed by atoms with Crippen LogP contribution in [-0.2, 0) is 6.54 Å². The third kappa shape index (κ3) is 3.75. The number of hydrogen-bond acceptors (Lipinski definition) is 1. The molecule has 0 amide bonds. The Bertz CT molecular complexity index is 555. The van der Waals surface area contributed by atoms with Gasteiger partial charge in [-0.05, 0) is 42.3 Å². The Hall–Kier alpha value is -1.45. The molecule has 2 rings (SSSR count). The third-order valence-corrected chi connectivity index (χ3v) is 3.26. The van der Waals surface area contributed by atoms with E-state index in [1.165, 1.54) is 18.2 Å². The highest BCUT2D eigenvalue weighted by atomic mass is 35.5. The van der Waals surface area contributed by atoms with Gasteiger partial charge in [-0.3, -0.25) is 0 Å². The monoisotopic (exact) mass is 281 g/mol. The van der Waals surface area contributed by atoms with E-state index >= 15 is 0 Å². The molecule has 100 valence electrons. The van der Waals surface area contributed by atoms with Crippen LogP contribution >= 0.6 is 11.6 Å². The van der Waals surface area contributed by atoms with E-state index in [-0.39, 0.29) is 16.9 Å². The summed E-state index contributed by atoms with van der Waals surface area (Å²) in [5.41, 5.74) is 1.90. The van der Waals surface area contributed by atoms with Gasteiger partial charge in [0.1, 0.15) is 11.6 Å². The molecule has 19 heavy (non-hydrogen) atoms. The number of hydrogen-bond donors (Lipinski definition) is 1. The van der Waals surface area contributed by atoms with Crippen molar-refractivity contribution in [2.75, 3.05) is 0 Å². The van der Waals surface area contributed by atoms with Gasteiger partial charge in [0.05, 0.1) is 5.02 Å². The summed E-state index contributed by atoms with van der Waals surface area (Å²) in [7, 11) is 0. The molecule has 0 aromatic heterocycles. The highest BCUT2D eigenvalue weighted by Crippen LogP contribution is 2.21. The number of benzene rings is 2. The molecule has 1 unspecified atom stereocenters. The van der Waals surface area contributed by atoms with Gasteiger partial charge in [0.15, 0.2) is 0 Å². The quantitative estimate of drug-likeness (QED) is 0.872. The van der Waals surface area contributed by atoms with Crippen LogP contribution in [0.3, 0.4) is 0 Å². The lowest BCUT2D eigenvalue weighted by Gasteiger charge is -2.14. The van der Waals surface area contributed by atoms with Crippen molar-refractivity contribution in [3.05, 3.63) is 70.2 Å². The van der Waals surface area contributed by atoms with Gasteiger partial charge < -0.3 is 5.32 Å². The summed E-state index contributed by atoms with van der Waals surface area (Å²) >= 11 is 5.75. The van der Waals surface area contributed by atoms with Crippen LogP contribution in [0.1, 0.15) is 24.1 Å². The summed E-state index contributed by atoms with van der Waals surface area (Å²) in [6, 6.07) is 11.0. The first-order valence-electron chi connectivity index (χ1n) is 5.99. The average molecular weight is 282 g/mol. The Labute approximate surface area is 116 Å². The first-order valence-corrected chi connectivity index (χ1v) is 6.37. The maximum Gasteiger partial charge on any atom is 0.141 e. The smallest absolute Gasteiger partial charge is 0.141 e. The highest BCUT2D eigenvalue weighted by Gasteiger charge is 2.07. The lowest BCUT2D eigenvalue weighted by Crippen LogP contribution is -2.18. The minimum Gasteiger partial charge on any atom is -0.306 e. The standard InChI is InChI=1S/C15H14ClF2N/c1-10(12-4-7-15(18)14(16)8-12)19-9-11-2-5-13(17)6-3-11/h2-8,10,19H,9H2,1H3. The van der Waals surface area contributed by atoms with Crippen molar-refractivity contribution in [1.29, 1.82) is 0 Å². The predicted molar refractivity (Wildman–Crippen MR) is 73.1 cm³/mol. The van der Waals surface area contributed by atoms with E-state index in [0.29, 0.717) is 6.54 Å². The van der Waals surface area contributed by atoms with Crippen LogP contribution in [-0.4, -0.2) is 0 Å². The van der Waals surface area contributed by atoms with Gasteiger partial charge >= 0.3 is 0 Å². The summed E-state index contributed by atoms with van der Waals surface area (Å²) in [5.74, 6) is -0.668. The fraction of sp³-hybridized carbons (Fsp3) is 0.200. The number of halogens is 3. The molecule has 0 fully saturated rings. The number of rotatable bonds is 4.